The van der Waals surface area contributed by atoms with Gasteiger partial charge in [-0.05, 0) is 49.6 Å². The fraction of sp³-hybridized carbons (Fsp3) is 0.211. The number of anilines is 1. The van der Waals surface area contributed by atoms with Crippen molar-refractivity contribution in [3.05, 3.63) is 66.4 Å². The molecule has 0 aliphatic heterocycles. The molecule has 0 atom stereocenters. The number of amides is 1. The molecular weight excluding hydrogens is 272 g/mol. The maximum absolute atomic E-state index is 12.7. The number of carbonyl (C=O) groups is 1. The lowest BCUT2D eigenvalue weighted by Crippen LogP contribution is -2.33. The molecule has 1 heterocycles. The lowest BCUT2D eigenvalue weighted by atomic mass is 10.2. The Bertz CT molecular complexity index is 790. The van der Waals surface area contributed by atoms with Crippen LogP contribution in [0, 0.1) is 6.92 Å². The SMILES string of the molecule is CCN(C(=O)Cn1ccc2cc(C)ccc21)c1ccccc1. The highest BCUT2D eigenvalue weighted by Crippen LogP contribution is 2.19. The van der Waals surface area contributed by atoms with Crippen molar-refractivity contribution in [2.75, 3.05) is 11.4 Å². The molecule has 3 nitrogen and oxygen atoms in total. The Balaban J connectivity index is 1.86. The molecule has 1 amide bonds. The average Bonchev–Trinajstić information content (AvgIpc) is 2.91. The van der Waals surface area contributed by atoms with E-state index in [0.29, 0.717) is 13.1 Å². The summed E-state index contributed by atoms with van der Waals surface area (Å²) < 4.78 is 2.02. The lowest BCUT2D eigenvalue weighted by Gasteiger charge is -2.21. The smallest absolute Gasteiger partial charge is 0.246 e. The largest absolute Gasteiger partial charge is 0.338 e. The third-order valence-corrected chi connectivity index (χ3v) is 3.92. The molecule has 3 heteroatoms. The first-order chi connectivity index (χ1) is 10.7. The van der Waals surface area contributed by atoms with Crippen LogP contribution in [-0.2, 0) is 11.3 Å². The Hall–Kier alpha value is -2.55. The minimum Gasteiger partial charge on any atom is -0.338 e. The molecule has 0 radical (unpaired) electrons. The Morgan fingerprint density at radius 2 is 1.86 bits per heavy atom. The van der Waals surface area contributed by atoms with E-state index in [1.165, 1.54) is 10.9 Å². The van der Waals surface area contributed by atoms with Gasteiger partial charge in [0.05, 0.1) is 0 Å². The average molecular weight is 292 g/mol. The highest BCUT2D eigenvalue weighted by Gasteiger charge is 2.14. The Morgan fingerprint density at radius 3 is 2.59 bits per heavy atom. The van der Waals surface area contributed by atoms with Crippen LogP contribution in [0.3, 0.4) is 0 Å². The molecule has 112 valence electrons. The normalized spacial score (nSPS) is 10.8. The number of para-hydroxylation sites is 1. The number of hydrogen-bond acceptors (Lipinski definition) is 1. The second-order valence-electron chi connectivity index (χ2n) is 5.48. The van der Waals surface area contributed by atoms with E-state index in [1.54, 1.807) is 0 Å². The number of aromatic nitrogens is 1. The molecule has 0 aliphatic rings. The highest BCUT2D eigenvalue weighted by atomic mass is 16.2. The van der Waals surface area contributed by atoms with E-state index in [-0.39, 0.29) is 5.91 Å². The Morgan fingerprint density at radius 1 is 1.09 bits per heavy atom. The number of hydrogen-bond donors (Lipinski definition) is 0. The highest BCUT2D eigenvalue weighted by molar-refractivity contribution is 5.94. The zero-order valence-corrected chi connectivity index (χ0v) is 13.0. The molecule has 0 saturated heterocycles. The van der Waals surface area contributed by atoms with Gasteiger partial charge in [-0.3, -0.25) is 4.79 Å². The number of nitrogens with zero attached hydrogens (tertiary/aromatic N) is 2. The molecule has 0 N–H and O–H groups in total. The molecule has 3 aromatic rings. The maximum atomic E-state index is 12.7. The van der Waals surface area contributed by atoms with Crippen LogP contribution in [0.25, 0.3) is 10.9 Å². The van der Waals surface area contributed by atoms with Crippen LogP contribution in [0.1, 0.15) is 12.5 Å². The second kappa shape index (κ2) is 6.06. The third-order valence-electron chi connectivity index (χ3n) is 3.92. The van der Waals surface area contributed by atoms with Gasteiger partial charge in [0.15, 0.2) is 0 Å². The number of carbonyl (C=O) groups excluding carboxylic acids is 1. The Kier molecular flexibility index (Phi) is 3.96. The molecule has 0 aliphatic carbocycles. The van der Waals surface area contributed by atoms with Gasteiger partial charge >= 0.3 is 0 Å². The number of likely N-dealkylation sites (N-methyl/N-ethyl adjacent to an activating group) is 1. The van der Waals surface area contributed by atoms with Gasteiger partial charge in [0.1, 0.15) is 6.54 Å². The third kappa shape index (κ3) is 2.75. The molecule has 0 bridgehead atoms. The number of aryl methyl sites for hydroxylation is 1. The summed E-state index contributed by atoms with van der Waals surface area (Å²) in [6.45, 7) is 5.11. The van der Waals surface area contributed by atoms with Crippen molar-refractivity contribution in [1.82, 2.24) is 4.57 Å². The molecule has 1 aromatic heterocycles. The molecule has 2 aromatic carbocycles. The van der Waals surface area contributed by atoms with Crippen LogP contribution in [0.5, 0.6) is 0 Å². The van der Waals surface area contributed by atoms with Crippen molar-refractivity contribution < 1.29 is 4.79 Å². The molecule has 0 saturated carbocycles. The molecular formula is C19H20N2O. The van der Waals surface area contributed by atoms with Crippen molar-refractivity contribution in [2.45, 2.75) is 20.4 Å². The van der Waals surface area contributed by atoms with Crippen molar-refractivity contribution in [1.29, 1.82) is 0 Å². The summed E-state index contributed by atoms with van der Waals surface area (Å²) in [4.78, 5) is 14.5. The van der Waals surface area contributed by atoms with Gasteiger partial charge in [-0.2, -0.15) is 0 Å². The van der Waals surface area contributed by atoms with E-state index in [4.69, 9.17) is 0 Å². The van der Waals surface area contributed by atoms with Crippen molar-refractivity contribution in [3.8, 4) is 0 Å². The van der Waals surface area contributed by atoms with E-state index in [9.17, 15) is 4.79 Å². The van der Waals surface area contributed by atoms with Gasteiger partial charge in [-0.15, -0.1) is 0 Å². The van der Waals surface area contributed by atoms with Crippen LogP contribution in [0.4, 0.5) is 5.69 Å². The molecule has 3 rings (SSSR count). The summed E-state index contributed by atoms with van der Waals surface area (Å²) in [5.41, 5.74) is 3.28. The molecule has 22 heavy (non-hydrogen) atoms. The first-order valence-electron chi connectivity index (χ1n) is 7.60. The van der Waals surface area contributed by atoms with Crippen LogP contribution in [0.2, 0.25) is 0 Å². The number of benzene rings is 2. The van der Waals surface area contributed by atoms with Crippen molar-refractivity contribution in [3.63, 3.8) is 0 Å². The van der Waals surface area contributed by atoms with Gasteiger partial charge in [-0.1, -0.05) is 29.8 Å². The quantitative estimate of drug-likeness (QED) is 0.713. The first-order valence-corrected chi connectivity index (χ1v) is 7.60. The molecule has 0 unspecified atom stereocenters. The lowest BCUT2D eigenvalue weighted by molar-refractivity contribution is -0.119. The topological polar surface area (TPSA) is 25.2 Å². The van der Waals surface area contributed by atoms with E-state index in [1.807, 2.05) is 52.9 Å². The predicted octanol–water partition coefficient (Wildman–Crippen LogP) is 4.00. The Labute approximate surface area is 130 Å². The fourth-order valence-corrected chi connectivity index (χ4v) is 2.80. The minimum atomic E-state index is 0.103. The van der Waals surface area contributed by atoms with Crippen molar-refractivity contribution >= 4 is 22.5 Å². The van der Waals surface area contributed by atoms with E-state index < -0.39 is 0 Å². The van der Waals surface area contributed by atoms with E-state index >= 15 is 0 Å². The van der Waals surface area contributed by atoms with Gasteiger partial charge < -0.3 is 9.47 Å². The maximum Gasteiger partial charge on any atom is 0.246 e. The van der Waals surface area contributed by atoms with Gasteiger partial charge in [0, 0.05) is 23.9 Å². The summed E-state index contributed by atoms with van der Waals surface area (Å²) in [7, 11) is 0. The summed E-state index contributed by atoms with van der Waals surface area (Å²) >= 11 is 0. The zero-order valence-electron chi connectivity index (χ0n) is 13.0. The van der Waals surface area contributed by atoms with Crippen LogP contribution in [-0.4, -0.2) is 17.0 Å². The summed E-state index contributed by atoms with van der Waals surface area (Å²) in [6.07, 6.45) is 1.99. The van der Waals surface area contributed by atoms with Crippen LogP contribution >= 0.6 is 0 Å². The number of fused-ring (bicyclic) bond motifs is 1. The predicted molar refractivity (Wildman–Crippen MR) is 91.1 cm³/mol. The standard InChI is InChI=1S/C19H20N2O/c1-3-21(17-7-5-4-6-8-17)19(22)14-20-12-11-16-13-15(2)9-10-18(16)20/h4-13H,3,14H2,1-2H3. The van der Waals surface area contributed by atoms with Gasteiger partial charge in [-0.25, -0.2) is 0 Å². The summed E-state index contributed by atoms with van der Waals surface area (Å²) in [5.74, 6) is 0.103. The van der Waals surface area contributed by atoms with Gasteiger partial charge in [0.25, 0.3) is 0 Å². The monoisotopic (exact) mass is 292 g/mol. The molecule has 0 fully saturated rings. The number of rotatable bonds is 4. The van der Waals surface area contributed by atoms with Crippen LogP contribution in [0.15, 0.2) is 60.8 Å². The molecule has 0 spiro atoms. The fourth-order valence-electron chi connectivity index (χ4n) is 2.80. The zero-order chi connectivity index (χ0) is 15.5. The van der Waals surface area contributed by atoms with E-state index in [0.717, 1.165) is 11.2 Å². The summed E-state index contributed by atoms with van der Waals surface area (Å²) in [5, 5.41) is 1.18. The summed E-state index contributed by atoms with van der Waals surface area (Å²) in [6, 6.07) is 18.2. The van der Waals surface area contributed by atoms with Crippen LogP contribution < -0.4 is 4.90 Å². The first kappa shape index (κ1) is 14.4. The second-order valence-corrected chi connectivity index (χ2v) is 5.48. The van der Waals surface area contributed by atoms with Crippen molar-refractivity contribution in [2.24, 2.45) is 0 Å². The van der Waals surface area contributed by atoms with Gasteiger partial charge in [0.2, 0.25) is 5.91 Å². The minimum absolute atomic E-state index is 0.103. The van der Waals surface area contributed by atoms with E-state index in [2.05, 4.69) is 31.2 Å².